The van der Waals surface area contributed by atoms with E-state index in [1.807, 2.05) is 0 Å². The summed E-state index contributed by atoms with van der Waals surface area (Å²) in [4.78, 5) is 3.53. The fraction of sp³-hybridized carbons (Fsp3) is 0.286. The molecule has 1 nitrogen and oxygen atoms in total. The molecule has 1 aromatic rings. The van der Waals surface area contributed by atoms with Crippen LogP contribution in [0, 0.1) is 6.92 Å². The third kappa shape index (κ3) is 1.75. The van der Waals surface area contributed by atoms with Gasteiger partial charge in [-0.1, -0.05) is 11.6 Å². The molecule has 12 heavy (non-hydrogen) atoms. The van der Waals surface area contributed by atoms with Crippen molar-refractivity contribution in [1.82, 2.24) is 4.98 Å². The van der Waals surface area contributed by atoms with Crippen molar-refractivity contribution >= 4 is 27.5 Å². The first-order valence-corrected chi connectivity index (χ1v) is 4.29. The molecule has 1 heterocycles. The van der Waals surface area contributed by atoms with Crippen LogP contribution in [0.3, 0.4) is 0 Å². The number of alkyl halides is 2. The maximum absolute atomic E-state index is 12.2. The molecule has 0 aromatic carbocycles. The summed E-state index contributed by atoms with van der Waals surface area (Å²) in [5.41, 5.74) is 0.156. The van der Waals surface area contributed by atoms with E-state index in [0.29, 0.717) is 15.1 Å². The van der Waals surface area contributed by atoms with Crippen molar-refractivity contribution in [3.63, 3.8) is 0 Å². The Morgan fingerprint density at radius 2 is 2.17 bits per heavy atom. The topological polar surface area (TPSA) is 12.9 Å². The van der Waals surface area contributed by atoms with Gasteiger partial charge in [0.05, 0.1) is 5.02 Å². The third-order valence-corrected chi connectivity index (χ3v) is 2.98. The summed E-state index contributed by atoms with van der Waals surface area (Å²) in [6.45, 7) is 1.55. The predicted molar refractivity (Wildman–Crippen MR) is 46.6 cm³/mol. The van der Waals surface area contributed by atoms with Crippen LogP contribution < -0.4 is 0 Å². The van der Waals surface area contributed by atoms with Gasteiger partial charge in [0.15, 0.2) is 0 Å². The number of hydrogen-bond donors (Lipinski definition) is 0. The summed E-state index contributed by atoms with van der Waals surface area (Å²) in [7, 11) is 0. The maximum Gasteiger partial charge on any atom is 0.280 e. The van der Waals surface area contributed by atoms with Gasteiger partial charge in [-0.15, -0.1) is 0 Å². The Morgan fingerprint density at radius 1 is 1.58 bits per heavy atom. The van der Waals surface area contributed by atoms with Crippen LogP contribution in [0.15, 0.2) is 10.7 Å². The molecule has 0 bridgehead atoms. The maximum atomic E-state index is 12.2. The molecule has 0 spiro atoms. The zero-order valence-electron chi connectivity index (χ0n) is 6.11. The van der Waals surface area contributed by atoms with E-state index in [9.17, 15) is 8.78 Å². The van der Waals surface area contributed by atoms with Gasteiger partial charge in [0, 0.05) is 10.7 Å². The predicted octanol–water partition coefficient (Wildman–Crippen LogP) is 3.74. The molecule has 0 aliphatic rings. The minimum Gasteiger partial charge on any atom is -0.253 e. The first kappa shape index (κ1) is 9.86. The Kier molecular flexibility index (Phi) is 3.01. The van der Waals surface area contributed by atoms with Gasteiger partial charge in [-0.25, -0.2) is 8.78 Å². The van der Waals surface area contributed by atoms with Crippen LogP contribution in [0.5, 0.6) is 0 Å². The van der Waals surface area contributed by atoms with E-state index in [0.717, 1.165) is 0 Å². The van der Waals surface area contributed by atoms with Gasteiger partial charge in [0.25, 0.3) is 6.43 Å². The molecule has 1 rings (SSSR count). The van der Waals surface area contributed by atoms with Crippen molar-refractivity contribution in [2.45, 2.75) is 13.3 Å². The lowest BCUT2D eigenvalue weighted by atomic mass is 10.2. The van der Waals surface area contributed by atoms with Crippen molar-refractivity contribution in [3.8, 4) is 0 Å². The second-order valence-electron chi connectivity index (χ2n) is 2.23. The molecule has 0 aliphatic carbocycles. The number of hydrogen-bond acceptors (Lipinski definition) is 1. The third-order valence-electron chi connectivity index (χ3n) is 1.45. The molecule has 1 aromatic heterocycles. The van der Waals surface area contributed by atoms with E-state index in [1.165, 1.54) is 6.20 Å². The van der Waals surface area contributed by atoms with Crippen molar-refractivity contribution in [2.24, 2.45) is 0 Å². The average Bonchev–Trinajstić information content (AvgIpc) is 2.00. The second kappa shape index (κ2) is 3.66. The number of aromatic nitrogens is 1. The fourth-order valence-electron chi connectivity index (χ4n) is 0.791. The molecular formula is C7H5BrClF2N. The van der Waals surface area contributed by atoms with Crippen molar-refractivity contribution in [3.05, 3.63) is 26.9 Å². The normalized spacial score (nSPS) is 10.8. The molecule has 0 saturated heterocycles. The van der Waals surface area contributed by atoms with E-state index in [2.05, 4.69) is 20.9 Å². The summed E-state index contributed by atoms with van der Waals surface area (Å²) in [6, 6.07) is 0. The highest BCUT2D eigenvalue weighted by Crippen LogP contribution is 2.30. The molecule has 0 saturated carbocycles. The molecule has 0 atom stereocenters. The van der Waals surface area contributed by atoms with E-state index in [1.54, 1.807) is 6.92 Å². The molecule has 66 valence electrons. The van der Waals surface area contributed by atoms with Gasteiger partial charge in [-0.3, -0.25) is 4.98 Å². The second-order valence-corrected chi connectivity index (χ2v) is 3.43. The van der Waals surface area contributed by atoms with Crippen LogP contribution in [0.2, 0.25) is 5.02 Å². The standard InChI is InChI=1S/C7H5BrClF2N/c1-3-5(8)4(9)2-12-6(3)7(10)11/h2,7H,1H3. The summed E-state index contributed by atoms with van der Waals surface area (Å²) >= 11 is 8.73. The highest BCUT2D eigenvalue weighted by Gasteiger charge is 2.15. The smallest absolute Gasteiger partial charge is 0.253 e. The Labute approximate surface area is 81.9 Å². The van der Waals surface area contributed by atoms with Gasteiger partial charge in [-0.2, -0.15) is 0 Å². The van der Waals surface area contributed by atoms with E-state index < -0.39 is 6.43 Å². The van der Waals surface area contributed by atoms with Gasteiger partial charge in [-0.05, 0) is 28.4 Å². The number of halogens is 4. The van der Waals surface area contributed by atoms with Crippen molar-refractivity contribution in [1.29, 1.82) is 0 Å². The SMILES string of the molecule is Cc1c(C(F)F)ncc(Cl)c1Br. The van der Waals surface area contributed by atoms with Crippen molar-refractivity contribution in [2.75, 3.05) is 0 Å². The highest BCUT2D eigenvalue weighted by atomic mass is 79.9. The van der Waals surface area contributed by atoms with Gasteiger partial charge in [0.1, 0.15) is 5.69 Å². The zero-order chi connectivity index (χ0) is 9.30. The molecule has 0 amide bonds. The first-order valence-electron chi connectivity index (χ1n) is 3.12. The largest absolute Gasteiger partial charge is 0.280 e. The van der Waals surface area contributed by atoms with E-state index in [4.69, 9.17) is 11.6 Å². The van der Waals surface area contributed by atoms with Gasteiger partial charge < -0.3 is 0 Å². The first-order chi connectivity index (χ1) is 5.54. The minimum atomic E-state index is -2.56. The van der Waals surface area contributed by atoms with Crippen LogP contribution in [0.25, 0.3) is 0 Å². The lowest BCUT2D eigenvalue weighted by molar-refractivity contribution is 0.145. The molecule has 0 unspecified atom stereocenters. The lowest BCUT2D eigenvalue weighted by Gasteiger charge is -2.05. The van der Waals surface area contributed by atoms with Crippen LogP contribution >= 0.6 is 27.5 Å². The lowest BCUT2D eigenvalue weighted by Crippen LogP contribution is -1.95. The van der Waals surface area contributed by atoms with Crippen LogP contribution in [-0.4, -0.2) is 4.98 Å². The van der Waals surface area contributed by atoms with Crippen LogP contribution in [0.4, 0.5) is 8.78 Å². The molecule has 0 N–H and O–H groups in total. The number of pyridine rings is 1. The summed E-state index contributed by atoms with van der Waals surface area (Å²) < 4.78 is 24.9. The zero-order valence-corrected chi connectivity index (χ0v) is 8.46. The minimum absolute atomic E-state index is 0.230. The Bertz CT molecular complexity index is 304. The quantitative estimate of drug-likeness (QED) is 0.746. The van der Waals surface area contributed by atoms with Gasteiger partial charge in [0.2, 0.25) is 0 Å². The van der Waals surface area contributed by atoms with E-state index in [-0.39, 0.29) is 5.69 Å². The Morgan fingerprint density at radius 3 is 2.67 bits per heavy atom. The number of rotatable bonds is 1. The van der Waals surface area contributed by atoms with Crippen LogP contribution in [-0.2, 0) is 0 Å². The molecule has 0 radical (unpaired) electrons. The molecular weight excluding hydrogens is 251 g/mol. The van der Waals surface area contributed by atoms with Crippen molar-refractivity contribution < 1.29 is 8.78 Å². The highest BCUT2D eigenvalue weighted by molar-refractivity contribution is 9.10. The van der Waals surface area contributed by atoms with Crippen LogP contribution in [0.1, 0.15) is 17.7 Å². The molecule has 0 fully saturated rings. The molecule has 5 heteroatoms. The Hall–Kier alpha value is -0.220. The number of nitrogens with zero attached hydrogens (tertiary/aromatic N) is 1. The van der Waals surface area contributed by atoms with E-state index >= 15 is 0 Å². The fourth-order valence-corrected chi connectivity index (χ4v) is 1.29. The monoisotopic (exact) mass is 255 g/mol. The molecule has 0 aliphatic heterocycles. The van der Waals surface area contributed by atoms with Gasteiger partial charge >= 0.3 is 0 Å². The summed E-state index contributed by atoms with van der Waals surface area (Å²) in [5.74, 6) is 0. The summed E-state index contributed by atoms with van der Waals surface area (Å²) in [6.07, 6.45) is -1.35. The average molecular weight is 256 g/mol. The Balaban J connectivity index is 3.27. The summed E-state index contributed by atoms with van der Waals surface area (Å²) in [5, 5.41) is 0.344.